The molecule has 0 amide bonds. The summed E-state index contributed by atoms with van der Waals surface area (Å²) in [7, 11) is 1.66. The van der Waals surface area contributed by atoms with Gasteiger partial charge in [0.25, 0.3) is 0 Å². The Morgan fingerprint density at radius 1 is 1.20 bits per heavy atom. The normalized spacial score (nSPS) is 12.3. The second-order valence-corrected chi connectivity index (χ2v) is 4.66. The van der Waals surface area contributed by atoms with E-state index in [9.17, 15) is 0 Å². The van der Waals surface area contributed by atoms with Crippen molar-refractivity contribution in [1.29, 1.82) is 0 Å². The molecule has 0 aliphatic carbocycles. The minimum Gasteiger partial charge on any atom is -0.461 e. The van der Waals surface area contributed by atoms with E-state index in [1.54, 1.807) is 7.11 Å². The minimum atomic E-state index is -0.0266. The first-order valence-electron chi connectivity index (χ1n) is 6.73. The van der Waals surface area contributed by atoms with E-state index in [0.717, 1.165) is 12.8 Å². The molecule has 1 unspecified atom stereocenters. The van der Waals surface area contributed by atoms with Gasteiger partial charge in [-0.3, -0.25) is 5.43 Å². The summed E-state index contributed by atoms with van der Waals surface area (Å²) < 4.78 is 10.6. The van der Waals surface area contributed by atoms with Crippen LogP contribution in [0.2, 0.25) is 0 Å². The highest BCUT2D eigenvalue weighted by Gasteiger charge is 2.13. The van der Waals surface area contributed by atoms with Crippen molar-refractivity contribution in [2.24, 2.45) is 5.84 Å². The monoisotopic (exact) mass is 284 g/mol. The molecule has 4 N–H and O–H groups in total. The van der Waals surface area contributed by atoms with Crippen LogP contribution in [-0.2, 0) is 4.74 Å². The molecule has 8 heteroatoms. The van der Waals surface area contributed by atoms with Gasteiger partial charge in [0.05, 0.1) is 18.8 Å². The van der Waals surface area contributed by atoms with Gasteiger partial charge in [0.1, 0.15) is 0 Å². The predicted molar refractivity (Wildman–Crippen MR) is 77.6 cm³/mol. The molecule has 0 aliphatic rings. The number of nitrogens with two attached hydrogens (primary N) is 1. The molecule has 1 rings (SSSR count). The van der Waals surface area contributed by atoms with E-state index in [4.69, 9.17) is 15.3 Å². The summed E-state index contributed by atoms with van der Waals surface area (Å²) >= 11 is 0. The van der Waals surface area contributed by atoms with Crippen molar-refractivity contribution in [1.82, 2.24) is 15.0 Å². The zero-order chi connectivity index (χ0) is 15.0. The maximum atomic E-state index is 5.47. The van der Waals surface area contributed by atoms with E-state index in [2.05, 4.69) is 32.6 Å². The molecule has 0 saturated carbocycles. The lowest BCUT2D eigenvalue weighted by Crippen LogP contribution is -2.26. The van der Waals surface area contributed by atoms with Crippen LogP contribution < -0.4 is 21.3 Å². The van der Waals surface area contributed by atoms with Crippen molar-refractivity contribution < 1.29 is 9.47 Å². The standard InChI is InChI=1S/C12H24N6O2/c1-5-6-9(7-19-4)14-10-15-11(18-13)17-12(16-10)20-8(2)3/h8-9H,5-7,13H2,1-4H3,(H2,14,15,16,17,18). The Hall–Kier alpha value is -1.67. The number of hydrogen-bond donors (Lipinski definition) is 3. The SMILES string of the molecule is CCCC(COC)Nc1nc(NN)nc(OC(C)C)n1. The predicted octanol–water partition coefficient (Wildman–Crippen LogP) is 1.17. The molecule has 0 spiro atoms. The minimum absolute atomic E-state index is 0.0266. The highest BCUT2D eigenvalue weighted by Crippen LogP contribution is 2.14. The average molecular weight is 284 g/mol. The lowest BCUT2D eigenvalue weighted by atomic mass is 10.2. The van der Waals surface area contributed by atoms with Gasteiger partial charge in [0.2, 0.25) is 11.9 Å². The van der Waals surface area contributed by atoms with Crippen LogP contribution in [0.4, 0.5) is 11.9 Å². The zero-order valence-electron chi connectivity index (χ0n) is 12.5. The van der Waals surface area contributed by atoms with Gasteiger partial charge in [-0.15, -0.1) is 0 Å². The Labute approximate surface area is 119 Å². The van der Waals surface area contributed by atoms with E-state index in [0.29, 0.717) is 12.6 Å². The number of aromatic nitrogens is 3. The van der Waals surface area contributed by atoms with Gasteiger partial charge < -0.3 is 14.8 Å². The van der Waals surface area contributed by atoms with Crippen LogP contribution >= 0.6 is 0 Å². The Morgan fingerprint density at radius 3 is 2.45 bits per heavy atom. The first-order chi connectivity index (χ1) is 9.58. The molecular formula is C12H24N6O2. The molecular weight excluding hydrogens is 260 g/mol. The first kappa shape index (κ1) is 16.4. The van der Waals surface area contributed by atoms with Crippen molar-refractivity contribution in [3.8, 4) is 6.01 Å². The summed E-state index contributed by atoms with van der Waals surface area (Å²) in [5, 5.41) is 3.21. The van der Waals surface area contributed by atoms with Gasteiger partial charge in [-0.25, -0.2) is 5.84 Å². The summed E-state index contributed by atoms with van der Waals surface area (Å²) in [4.78, 5) is 12.4. The van der Waals surface area contributed by atoms with E-state index in [-0.39, 0.29) is 24.1 Å². The lowest BCUT2D eigenvalue weighted by Gasteiger charge is -2.18. The van der Waals surface area contributed by atoms with Crippen molar-refractivity contribution in [3.63, 3.8) is 0 Å². The van der Waals surface area contributed by atoms with Crippen LogP contribution in [0.25, 0.3) is 0 Å². The molecule has 0 saturated heterocycles. The summed E-state index contributed by atoms with van der Waals surface area (Å²) in [5.74, 6) is 6.03. The van der Waals surface area contributed by atoms with Crippen molar-refractivity contribution in [2.75, 3.05) is 24.5 Å². The number of hydrogen-bond acceptors (Lipinski definition) is 8. The highest BCUT2D eigenvalue weighted by molar-refractivity contribution is 5.35. The number of anilines is 2. The molecule has 0 bridgehead atoms. The Bertz CT molecular complexity index is 396. The first-order valence-corrected chi connectivity index (χ1v) is 6.73. The average Bonchev–Trinajstić information content (AvgIpc) is 2.38. The quantitative estimate of drug-likeness (QED) is 0.458. The molecule has 8 nitrogen and oxygen atoms in total. The molecule has 1 atom stereocenters. The van der Waals surface area contributed by atoms with Gasteiger partial charge in [-0.1, -0.05) is 13.3 Å². The molecule has 114 valence electrons. The fourth-order valence-corrected chi connectivity index (χ4v) is 1.68. The van der Waals surface area contributed by atoms with Crippen molar-refractivity contribution >= 4 is 11.9 Å². The van der Waals surface area contributed by atoms with Crippen LogP contribution in [0.5, 0.6) is 6.01 Å². The topological polar surface area (TPSA) is 107 Å². The maximum absolute atomic E-state index is 5.47. The molecule has 0 radical (unpaired) electrons. The van der Waals surface area contributed by atoms with Gasteiger partial charge in [-0.05, 0) is 20.3 Å². The van der Waals surface area contributed by atoms with Crippen LogP contribution in [0.3, 0.4) is 0 Å². The van der Waals surface area contributed by atoms with E-state index < -0.39 is 0 Å². The summed E-state index contributed by atoms with van der Waals surface area (Å²) in [6.07, 6.45) is 1.95. The molecule has 1 aromatic heterocycles. The van der Waals surface area contributed by atoms with Crippen LogP contribution in [0.1, 0.15) is 33.6 Å². The van der Waals surface area contributed by atoms with Crippen LogP contribution in [-0.4, -0.2) is 40.8 Å². The Balaban J connectivity index is 2.85. The largest absolute Gasteiger partial charge is 0.461 e. The second-order valence-electron chi connectivity index (χ2n) is 4.66. The third-order valence-corrected chi connectivity index (χ3v) is 2.42. The molecule has 0 fully saturated rings. The molecule has 1 aromatic rings. The molecule has 20 heavy (non-hydrogen) atoms. The number of methoxy groups -OCH3 is 1. The van der Waals surface area contributed by atoms with Gasteiger partial charge in [0.15, 0.2) is 0 Å². The summed E-state index contributed by atoms with van der Waals surface area (Å²) in [6, 6.07) is 0.364. The van der Waals surface area contributed by atoms with Crippen LogP contribution in [0.15, 0.2) is 0 Å². The number of nitrogens with zero attached hydrogens (tertiary/aromatic N) is 3. The summed E-state index contributed by atoms with van der Waals surface area (Å²) in [5.41, 5.74) is 2.40. The fourth-order valence-electron chi connectivity index (χ4n) is 1.68. The van der Waals surface area contributed by atoms with E-state index in [1.807, 2.05) is 13.8 Å². The van der Waals surface area contributed by atoms with Gasteiger partial charge in [0, 0.05) is 7.11 Å². The van der Waals surface area contributed by atoms with Crippen molar-refractivity contribution in [3.05, 3.63) is 0 Å². The van der Waals surface area contributed by atoms with E-state index >= 15 is 0 Å². The van der Waals surface area contributed by atoms with Gasteiger partial charge >= 0.3 is 6.01 Å². The third-order valence-electron chi connectivity index (χ3n) is 2.42. The Morgan fingerprint density at radius 2 is 1.90 bits per heavy atom. The van der Waals surface area contributed by atoms with Crippen molar-refractivity contribution in [2.45, 2.75) is 45.8 Å². The zero-order valence-corrected chi connectivity index (χ0v) is 12.5. The Kier molecular flexibility index (Phi) is 6.96. The number of nitrogens with one attached hydrogen (secondary N) is 2. The fraction of sp³-hybridized carbons (Fsp3) is 0.750. The van der Waals surface area contributed by atoms with Crippen LogP contribution in [0, 0.1) is 0 Å². The molecule has 0 aliphatic heterocycles. The third kappa shape index (κ3) is 5.54. The number of ether oxygens (including phenoxy) is 2. The smallest absolute Gasteiger partial charge is 0.323 e. The molecule has 0 aromatic carbocycles. The summed E-state index contributed by atoms with van der Waals surface area (Å²) in [6.45, 7) is 6.48. The second kappa shape index (κ2) is 8.49. The van der Waals surface area contributed by atoms with E-state index in [1.165, 1.54) is 0 Å². The number of nitrogen functional groups attached to an aromatic ring is 1. The lowest BCUT2D eigenvalue weighted by molar-refractivity contribution is 0.182. The number of hydrazine groups is 1. The highest BCUT2D eigenvalue weighted by atomic mass is 16.5. The molecule has 1 heterocycles. The maximum Gasteiger partial charge on any atom is 0.323 e. The number of rotatable bonds is 9. The van der Waals surface area contributed by atoms with Gasteiger partial charge in [-0.2, -0.15) is 15.0 Å².